The van der Waals surface area contributed by atoms with Crippen LogP contribution >= 0.6 is 11.3 Å². The SMILES string of the molecule is CN(C)C(=O)c1ccc(-c2nccs2)n2nc(N3CC4CC(C3)N4)nc12. The smallest absolute Gasteiger partial charge is 0.257 e. The van der Waals surface area contributed by atoms with E-state index in [0.717, 1.165) is 23.8 Å². The Labute approximate surface area is 154 Å². The summed E-state index contributed by atoms with van der Waals surface area (Å²) in [5.74, 6) is 0.598. The lowest BCUT2D eigenvalue weighted by molar-refractivity contribution is 0.0829. The number of hydrogen-bond donors (Lipinski definition) is 1. The minimum absolute atomic E-state index is 0.0807. The molecule has 3 fully saturated rings. The first-order valence-electron chi connectivity index (χ1n) is 8.62. The first kappa shape index (κ1) is 15.7. The molecule has 3 aromatic rings. The van der Waals surface area contributed by atoms with Crippen LogP contribution in [0.25, 0.3) is 16.3 Å². The van der Waals surface area contributed by atoms with Gasteiger partial charge in [-0.25, -0.2) is 9.50 Å². The average Bonchev–Trinajstić information content (AvgIpc) is 3.29. The molecule has 1 N–H and O–H groups in total. The predicted octanol–water partition coefficient (Wildman–Crippen LogP) is 1.11. The summed E-state index contributed by atoms with van der Waals surface area (Å²) in [5.41, 5.74) is 1.98. The normalized spacial score (nSPS) is 21.7. The van der Waals surface area contributed by atoms with Crippen LogP contribution in [0.4, 0.5) is 5.95 Å². The number of piperidine rings is 1. The molecule has 3 saturated heterocycles. The lowest BCUT2D eigenvalue weighted by atomic mass is 9.92. The van der Waals surface area contributed by atoms with Gasteiger partial charge in [-0.15, -0.1) is 16.4 Å². The van der Waals surface area contributed by atoms with Gasteiger partial charge in [-0.1, -0.05) is 0 Å². The van der Waals surface area contributed by atoms with E-state index in [2.05, 4.69) is 15.2 Å². The number of thiazole rings is 1. The molecule has 2 unspecified atom stereocenters. The lowest BCUT2D eigenvalue weighted by Crippen LogP contribution is -2.67. The van der Waals surface area contributed by atoms with Gasteiger partial charge >= 0.3 is 0 Å². The van der Waals surface area contributed by atoms with Gasteiger partial charge in [0, 0.05) is 50.8 Å². The summed E-state index contributed by atoms with van der Waals surface area (Å²) in [7, 11) is 3.49. The number of amides is 1. The van der Waals surface area contributed by atoms with Crippen molar-refractivity contribution in [3.05, 3.63) is 29.3 Å². The second-order valence-corrected chi connectivity index (χ2v) is 7.91. The van der Waals surface area contributed by atoms with Crippen LogP contribution < -0.4 is 10.2 Å². The quantitative estimate of drug-likeness (QED) is 0.745. The molecule has 1 amide bonds. The van der Waals surface area contributed by atoms with Gasteiger partial charge in [0.15, 0.2) is 5.65 Å². The zero-order valence-electron chi connectivity index (χ0n) is 14.6. The van der Waals surface area contributed by atoms with E-state index < -0.39 is 0 Å². The lowest BCUT2D eigenvalue weighted by Gasteiger charge is -2.47. The highest BCUT2D eigenvalue weighted by Crippen LogP contribution is 2.28. The summed E-state index contributed by atoms with van der Waals surface area (Å²) in [4.78, 5) is 25.5. The van der Waals surface area contributed by atoms with Crippen molar-refractivity contribution >= 4 is 28.8 Å². The summed E-state index contributed by atoms with van der Waals surface area (Å²) in [6.45, 7) is 1.80. The van der Waals surface area contributed by atoms with Crippen molar-refractivity contribution in [2.45, 2.75) is 18.5 Å². The summed E-state index contributed by atoms with van der Waals surface area (Å²) < 4.78 is 1.76. The van der Waals surface area contributed by atoms with Crippen molar-refractivity contribution in [3.63, 3.8) is 0 Å². The van der Waals surface area contributed by atoms with E-state index >= 15 is 0 Å². The second kappa shape index (κ2) is 5.75. The van der Waals surface area contributed by atoms with E-state index in [1.165, 1.54) is 6.42 Å². The second-order valence-electron chi connectivity index (χ2n) is 7.02. The highest BCUT2D eigenvalue weighted by molar-refractivity contribution is 7.13. The zero-order valence-corrected chi connectivity index (χ0v) is 15.4. The Hall–Kier alpha value is -2.52. The highest BCUT2D eigenvalue weighted by Gasteiger charge is 2.38. The average molecular weight is 369 g/mol. The Morgan fingerprint density at radius 3 is 2.73 bits per heavy atom. The fourth-order valence-electron chi connectivity index (χ4n) is 3.68. The van der Waals surface area contributed by atoms with E-state index in [-0.39, 0.29) is 5.91 Å². The van der Waals surface area contributed by atoms with Gasteiger partial charge in [-0.05, 0) is 18.6 Å². The van der Waals surface area contributed by atoms with Gasteiger partial charge in [-0.2, -0.15) is 4.98 Å². The summed E-state index contributed by atoms with van der Waals surface area (Å²) >= 11 is 1.55. The minimum Gasteiger partial charge on any atom is -0.345 e. The Kier molecular flexibility index (Phi) is 3.47. The third-order valence-corrected chi connectivity index (χ3v) is 5.76. The number of piperazine rings is 1. The highest BCUT2D eigenvalue weighted by atomic mass is 32.1. The summed E-state index contributed by atoms with van der Waals surface area (Å²) in [5, 5.41) is 11.1. The maximum atomic E-state index is 12.6. The standard InChI is InChI=1S/C17H19N7OS/c1-22(2)16(25)12-3-4-13(15-18-5-6-26-15)24-14(12)20-17(21-24)23-8-10-7-11(9-23)19-10/h3-6,10-11,19H,7-9H2,1-2H3. The van der Waals surface area contributed by atoms with Crippen molar-refractivity contribution in [2.24, 2.45) is 0 Å². The first-order valence-corrected chi connectivity index (χ1v) is 9.50. The van der Waals surface area contributed by atoms with Crippen molar-refractivity contribution in [2.75, 3.05) is 32.1 Å². The van der Waals surface area contributed by atoms with Crippen LogP contribution in [0.15, 0.2) is 23.7 Å². The number of carbonyl (C=O) groups is 1. The van der Waals surface area contributed by atoms with E-state index in [1.54, 1.807) is 41.0 Å². The van der Waals surface area contributed by atoms with Gasteiger partial charge in [0.05, 0.1) is 5.56 Å². The molecule has 0 aliphatic carbocycles. The molecule has 3 aliphatic rings. The number of pyridine rings is 1. The summed E-state index contributed by atoms with van der Waals surface area (Å²) in [6.07, 6.45) is 2.99. The fourth-order valence-corrected chi connectivity index (χ4v) is 4.33. The number of rotatable bonds is 3. The van der Waals surface area contributed by atoms with Crippen molar-refractivity contribution in [1.82, 2.24) is 29.8 Å². The minimum atomic E-state index is -0.0807. The molecule has 3 aliphatic heterocycles. The number of hydrogen-bond acceptors (Lipinski definition) is 7. The number of nitrogens with zero attached hydrogens (tertiary/aromatic N) is 6. The molecule has 8 nitrogen and oxygen atoms in total. The van der Waals surface area contributed by atoms with Crippen LogP contribution in [0.3, 0.4) is 0 Å². The van der Waals surface area contributed by atoms with Crippen molar-refractivity contribution in [1.29, 1.82) is 0 Å². The molecule has 0 aromatic carbocycles. The molecule has 6 rings (SSSR count). The van der Waals surface area contributed by atoms with E-state index in [1.807, 2.05) is 17.5 Å². The molecule has 2 bridgehead atoms. The Bertz CT molecular complexity index is 965. The molecule has 0 radical (unpaired) electrons. The van der Waals surface area contributed by atoms with E-state index in [9.17, 15) is 4.79 Å². The van der Waals surface area contributed by atoms with Crippen LogP contribution in [-0.4, -0.2) is 69.7 Å². The number of anilines is 1. The number of carbonyl (C=O) groups excluding carboxylic acids is 1. The predicted molar refractivity (Wildman–Crippen MR) is 99.7 cm³/mol. The number of nitrogens with one attached hydrogen (secondary N) is 1. The molecular weight excluding hydrogens is 350 g/mol. The van der Waals surface area contributed by atoms with Crippen LogP contribution in [0, 0.1) is 0 Å². The Morgan fingerprint density at radius 1 is 1.31 bits per heavy atom. The number of fused-ring (bicyclic) bond motifs is 3. The van der Waals surface area contributed by atoms with Crippen LogP contribution in [0.1, 0.15) is 16.8 Å². The summed E-state index contributed by atoms with van der Waals surface area (Å²) in [6, 6.07) is 4.75. The van der Waals surface area contributed by atoms with E-state index in [4.69, 9.17) is 10.1 Å². The molecule has 3 aromatic heterocycles. The molecule has 134 valence electrons. The molecule has 2 atom stereocenters. The maximum absolute atomic E-state index is 12.6. The zero-order chi connectivity index (χ0) is 17.8. The molecule has 9 heteroatoms. The third-order valence-electron chi connectivity index (χ3n) is 4.97. The van der Waals surface area contributed by atoms with Crippen molar-refractivity contribution < 1.29 is 4.79 Å². The van der Waals surface area contributed by atoms with Gasteiger partial charge in [-0.3, -0.25) is 4.79 Å². The Morgan fingerprint density at radius 2 is 2.08 bits per heavy atom. The Balaban J connectivity index is 1.65. The maximum Gasteiger partial charge on any atom is 0.257 e. The molecule has 26 heavy (non-hydrogen) atoms. The van der Waals surface area contributed by atoms with Gasteiger partial charge in [0.2, 0.25) is 5.95 Å². The van der Waals surface area contributed by atoms with Gasteiger partial charge in [0.25, 0.3) is 5.91 Å². The largest absolute Gasteiger partial charge is 0.345 e. The van der Waals surface area contributed by atoms with Crippen LogP contribution in [0.5, 0.6) is 0 Å². The van der Waals surface area contributed by atoms with Crippen LogP contribution in [0.2, 0.25) is 0 Å². The molecule has 0 saturated carbocycles. The topological polar surface area (TPSA) is 78.7 Å². The monoisotopic (exact) mass is 369 g/mol. The first-order chi connectivity index (χ1) is 12.6. The molecule has 0 spiro atoms. The molecular formula is C17H19N7OS. The van der Waals surface area contributed by atoms with Crippen molar-refractivity contribution in [3.8, 4) is 10.7 Å². The van der Waals surface area contributed by atoms with E-state index in [0.29, 0.717) is 29.2 Å². The van der Waals surface area contributed by atoms with Crippen LogP contribution in [-0.2, 0) is 0 Å². The third kappa shape index (κ3) is 2.38. The molecule has 6 heterocycles. The fraction of sp³-hybridized carbons (Fsp3) is 0.412. The number of aromatic nitrogens is 4. The van der Waals surface area contributed by atoms with Gasteiger partial charge < -0.3 is 15.1 Å². The van der Waals surface area contributed by atoms with Gasteiger partial charge in [0.1, 0.15) is 10.7 Å².